The summed E-state index contributed by atoms with van der Waals surface area (Å²) in [7, 11) is 3.47. The number of benzene rings is 2. The summed E-state index contributed by atoms with van der Waals surface area (Å²) in [5, 5.41) is 3.30. The van der Waals surface area contributed by atoms with E-state index in [1.54, 1.807) is 12.0 Å². The Morgan fingerprint density at radius 1 is 1.17 bits per heavy atom. The van der Waals surface area contributed by atoms with Crippen LogP contribution < -0.4 is 10.1 Å². The van der Waals surface area contributed by atoms with Crippen molar-refractivity contribution in [2.45, 2.75) is 25.9 Å². The fourth-order valence-electron chi connectivity index (χ4n) is 2.45. The van der Waals surface area contributed by atoms with Gasteiger partial charge in [0.1, 0.15) is 11.8 Å². The molecule has 1 amide bonds. The molecular formula is C19H24N2O2. The van der Waals surface area contributed by atoms with Gasteiger partial charge in [0, 0.05) is 25.3 Å². The lowest BCUT2D eigenvalue weighted by molar-refractivity contribution is -0.131. The lowest BCUT2D eigenvalue weighted by Gasteiger charge is -2.24. The fourth-order valence-corrected chi connectivity index (χ4v) is 2.45. The van der Waals surface area contributed by atoms with E-state index in [9.17, 15) is 4.79 Å². The maximum Gasteiger partial charge on any atom is 0.245 e. The Kier molecular flexibility index (Phi) is 6.03. The average molecular weight is 312 g/mol. The molecule has 0 radical (unpaired) electrons. The third-order valence-corrected chi connectivity index (χ3v) is 3.76. The number of likely N-dealkylation sites (N-methyl/N-ethyl adjacent to an activating group) is 1. The molecule has 2 rings (SSSR count). The van der Waals surface area contributed by atoms with Gasteiger partial charge in [-0.3, -0.25) is 4.79 Å². The van der Waals surface area contributed by atoms with E-state index in [1.807, 2.05) is 68.6 Å². The fraction of sp³-hybridized carbons (Fsp3) is 0.316. The molecule has 122 valence electrons. The Morgan fingerprint density at radius 2 is 1.91 bits per heavy atom. The second kappa shape index (κ2) is 8.22. The number of nitrogens with zero attached hydrogens (tertiary/aromatic N) is 1. The first kappa shape index (κ1) is 16.9. The summed E-state index contributed by atoms with van der Waals surface area (Å²) in [5.41, 5.74) is 2.01. The van der Waals surface area contributed by atoms with Crippen LogP contribution in [0.4, 0.5) is 5.69 Å². The minimum Gasteiger partial charge on any atom is -0.497 e. The highest BCUT2D eigenvalue weighted by Crippen LogP contribution is 2.18. The van der Waals surface area contributed by atoms with Crippen LogP contribution in [0.1, 0.15) is 18.9 Å². The lowest BCUT2D eigenvalue weighted by atomic mass is 10.1. The highest BCUT2D eigenvalue weighted by atomic mass is 16.5. The first-order valence-corrected chi connectivity index (χ1v) is 7.83. The van der Waals surface area contributed by atoms with Crippen LogP contribution in [0.15, 0.2) is 54.6 Å². The number of methoxy groups -OCH3 is 1. The molecule has 0 saturated carbocycles. The SMILES string of the molecule is CC[C@@H](Nc1cccc(OC)c1)C(=O)N(C)Cc1ccccc1. The van der Waals surface area contributed by atoms with E-state index in [4.69, 9.17) is 4.74 Å². The number of nitrogens with one attached hydrogen (secondary N) is 1. The third-order valence-electron chi connectivity index (χ3n) is 3.76. The predicted molar refractivity (Wildman–Crippen MR) is 93.6 cm³/mol. The van der Waals surface area contributed by atoms with Gasteiger partial charge in [-0.25, -0.2) is 0 Å². The first-order valence-electron chi connectivity index (χ1n) is 7.83. The Morgan fingerprint density at radius 3 is 2.57 bits per heavy atom. The number of carbonyl (C=O) groups excluding carboxylic acids is 1. The summed E-state index contributed by atoms with van der Waals surface area (Å²) in [5.74, 6) is 0.856. The Balaban J connectivity index is 2.02. The van der Waals surface area contributed by atoms with E-state index in [-0.39, 0.29) is 11.9 Å². The number of amides is 1. The third kappa shape index (κ3) is 4.74. The van der Waals surface area contributed by atoms with Crippen molar-refractivity contribution >= 4 is 11.6 Å². The summed E-state index contributed by atoms with van der Waals surface area (Å²) in [6.07, 6.45) is 0.717. The molecule has 1 N–H and O–H groups in total. The van der Waals surface area contributed by atoms with Crippen molar-refractivity contribution in [2.75, 3.05) is 19.5 Å². The second-order valence-corrected chi connectivity index (χ2v) is 5.52. The zero-order chi connectivity index (χ0) is 16.7. The number of anilines is 1. The topological polar surface area (TPSA) is 41.6 Å². The van der Waals surface area contributed by atoms with E-state index >= 15 is 0 Å². The van der Waals surface area contributed by atoms with Gasteiger partial charge >= 0.3 is 0 Å². The molecule has 1 atom stereocenters. The Labute approximate surface area is 138 Å². The molecule has 0 unspecified atom stereocenters. The molecule has 0 fully saturated rings. The number of hydrogen-bond acceptors (Lipinski definition) is 3. The van der Waals surface area contributed by atoms with Gasteiger partial charge in [-0.2, -0.15) is 0 Å². The van der Waals surface area contributed by atoms with Gasteiger partial charge in [0.15, 0.2) is 0 Å². The van der Waals surface area contributed by atoms with Crippen LogP contribution in [0.5, 0.6) is 5.75 Å². The molecule has 4 nitrogen and oxygen atoms in total. The number of ether oxygens (including phenoxy) is 1. The zero-order valence-electron chi connectivity index (χ0n) is 14.0. The van der Waals surface area contributed by atoms with Crippen molar-refractivity contribution in [3.8, 4) is 5.75 Å². The summed E-state index contributed by atoms with van der Waals surface area (Å²) in [6.45, 7) is 2.61. The highest BCUT2D eigenvalue weighted by molar-refractivity contribution is 5.84. The van der Waals surface area contributed by atoms with Gasteiger partial charge in [0.2, 0.25) is 5.91 Å². The van der Waals surface area contributed by atoms with Crippen LogP contribution in [0.3, 0.4) is 0 Å². The van der Waals surface area contributed by atoms with Crippen molar-refractivity contribution < 1.29 is 9.53 Å². The molecule has 0 spiro atoms. The van der Waals surface area contributed by atoms with Crippen molar-refractivity contribution in [1.82, 2.24) is 4.90 Å². The number of hydrogen-bond donors (Lipinski definition) is 1. The lowest BCUT2D eigenvalue weighted by Crippen LogP contribution is -2.40. The molecule has 0 saturated heterocycles. The molecule has 0 bridgehead atoms. The molecule has 2 aromatic rings. The molecule has 2 aromatic carbocycles. The van der Waals surface area contributed by atoms with Crippen LogP contribution >= 0.6 is 0 Å². The van der Waals surface area contributed by atoms with Crippen LogP contribution in [0, 0.1) is 0 Å². The van der Waals surface area contributed by atoms with Gasteiger partial charge in [0.25, 0.3) is 0 Å². The van der Waals surface area contributed by atoms with Crippen molar-refractivity contribution in [3.63, 3.8) is 0 Å². The van der Waals surface area contributed by atoms with Crippen LogP contribution in [-0.2, 0) is 11.3 Å². The highest BCUT2D eigenvalue weighted by Gasteiger charge is 2.20. The zero-order valence-corrected chi connectivity index (χ0v) is 14.0. The van der Waals surface area contributed by atoms with Gasteiger partial charge < -0.3 is 15.0 Å². The molecule has 0 aromatic heterocycles. The smallest absolute Gasteiger partial charge is 0.245 e. The average Bonchev–Trinajstić information content (AvgIpc) is 2.60. The van der Waals surface area contributed by atoms with Gasteiger partial charge in [-0.05, 0) is 24.1 Å². The predicted octanol–water partition coefficient (Wildman–Crippen LogP) is 3.54. The first-order chi connectivity index (χ1) is 11.1. The van der Waals surface area contributed by atoms with Crippen LogP contribution in [-0.4, -0.2) is 31.0 Å². The van der Waals surface area contributed by atoms with E-state index < -0.39 is 0 Å². The van der Waals surface area contributed by atoms with Crippen LogP contribution in [0.2, 0.25) is 0 Å². The second-order valence-electron chi connectivity index (χ2n) is 5.52. The molecule has 0 aliphatic heterocycles. The number of carbonyl (C=O) groups is 1. The molecule has 0 aliphatic carbocycles. The molecular weight excluding hydrogens is 288 g/mol. The van der Waals surface area contributed by atoms with Gasteiger partial charge in [-0.1, -0.05) is 43.3 Å². The summed E-state index contributed by atoms with van der Waals surface area (Å²) in [4.78, 5) is 14.4. The van der Waals surface area contributed by atoms with Gasteiger partial charge in [0.05, 0.1) is 7.11 Å². The molecule has 23 heavy (non-hydrogen) atoms. The summed E-state index contributed by atoms with van der Waals surface area (Å²) in [6, 6.07) is 17.4. The normalized spacial score (nSPS) is 11.6. The standard InChI is InChI=1S/C19H24N2O2/c1-4-18(20-16-11-8-12-17(13-16)23-3)19(22)21(2)14-15-9-6-5-7-10-15/h5-13,18,20H,4,14H2,1-3H3/t18-/m1/s1. The van der Waals surface area contributed by atoms with Gasteiger partial charge in [-0.15, -0.1) is 0 Å². The van der Waals surface area contributed by atoms with E-state index in [2.05, 4.69) is 5.32 Å². The monoisotopic (exact) mass is 312 g/mol. The maximum atomic E-state index is 12.7. The summed E-state index contributed by atoms with van der Waals surface area (Å²) >= 11 is 0. The Hall–Kier alpha value is -2.49. The quantitative estimate of drug-likeness (QED) is 0.850. The molecule has 0 heterocycles. The van der Waals surface area contributed by atoms with Crippen molar-refractivity contribution in [1.29, 1.82) is 0 Å². The minimum atomic E-state index is -0.254. The minimum absolute atomic E-state index is 0.0826. The molecule has 4 heteroatoms. The maximum absolute atomic E-state index is 12.7. The number of rotatable bonds is 7. The Bertz CT molecular complexity index is 628. The van der Waals surface area contributed by atoms with Crippen molar-refractivity contribution in [2.24, 2.45) is 0 Å². The van der Waals surface area contributed by atoms with E-state index in [0.717, 1.165) is 23.4 Å². The van der Waals surface area contributed by atoms with E-state index in [1.165, 1.54) is 0 Å². The van der Waals surface area contributed by atoms with Crippen molar-refractivity contribution in [3.05, 3.63) is 60.2 Å². The molecule has 0 aliphatic rings. The van der Waals surface area contributed by atoms with Crippen LogP contribution in [0.25, 0.3) is 0 Å². The van der Waals surface area contributed by atoms with E-state index in [0.29, 0.717) is 6.54 Å². The largest absolute Gasteiger partial charge is 0.497 e. The summed E-state index contributed by atoms with van der Waals surface area (Å²) < 4.78 is 5.22.